The Morgan fingerprint density at radius 1 is 1.39 bits per heavy atom. The van der Waals surface area contributed by atoms with Crippen LogP contribution in [0.15, 0.2) is 41.4 Å². The molecular formula is C9H13N2O5PS. The lowest BCUT2D eigenvalue weighted by atomic mass is 10.3. The van der Waals surface area contributed by atoms with Crippen LogP contribution in [0.25, 0.3) is 0 Å². The summed E-state index contributed by atoms with van der Waals surface area (Å²) in [4.78, 5) is 8.99. The molecule has 9 heteroatoms. The molecule has 1 rings (SSSR count). The van der Waals surface area contributed by atoms with Crippen LogP contribution in [0, 0.1) is 0 Å². The first-order chi connectivity index (χ1) is 8.28. The van der Waals surface area contributed by atoms with Crippen molar-refractivity contribution in [1.29, 1.82) is 0 Å². The highest BCUT2D eigenvalue weighted by Gasteiger charge is 2.29. The van der Waals surface area contributed by atoms with Crippen LogP contribution in [0.4, 0.5) is 5.69 Å². The van der Waals surface area contributed by atoms with Crippen molar-refractivity contribution in [1.82, 2.24) is 0 Å². The van der Waals surface area contributed by atoms with Gasteiger partial charge in [-0.3, -0.25) is 4.57 Å². The Hall–Kier alpha value is -1.34. The number of para-hydroxylation sites is 1. The van der Waals surface area contributed by atoms with Gasteiger partial charge in [0.25, 0.3) is 0 Å². The maximum atomic E-state index is 11.7. The van der Waals surface area contributed by atoms with Crippen LogP contribution in [0.3, 0.4) is 0 Å². The molecule has 0 aliphatic rings. The maximum absolute atomic E-state index is 11.7. The van der Waals surface area contributed by atoms with E-state index in [1.807, 2.05) is 0 Å². The number of benzene rings is 1. The zero-order valence-electron chi connectivity index (χ0n) is 9.26. The fraction of sp³-hybridized carbons (Fsp3) is 0.111. The topological polar surface area (TPSA) is 133 Å². The Morgan fingerprint density at radius 3 is 2.56 bits per heavy atom. The monoisotopic (exact) mass is 292 g/mol. The van der Waals surface area contributed by atoms with Crippen molar-refractivity contribution in [3.05, 3.63) is 36.5 Å². The van der Waals surface area contributed by atoms with Gasteiger partial charge in [0, 0.05) is 0 Å². The van der Waals surface area contributed by atoms with E-state index in [1.165, 1.54) is 24.3 Å². The molecule has 18 heavy (non-hydrogen) atoms. The molecule has 0 amide bonds. The highest BCUT2D eigenvalue weighted by atomic mass is 32.2. The third kappa shape index (κ3) is 3.85. The van der Waals surface area contributed by atoms with Gasteiger partial charge in [-0.2, -0.15) is 12.4 Å². The summed E-state index contributed by atoms with van der Waals surface area (Å²) < 4.78 is 39.3. The summed E-state index contributed by atoms with van der Waals surface area (Å²) in [7, 11) is -8.72. The maximum Gasteiger partial charge on any atom is 0.346 e. The molecule has 0 aliphatic carbocycles. The van der Waals surface area contributed by atoms with E-state index in [1.54, 1.807) is 0 Å². The number of nitrogen functional groups attached to an aromatic ring is 1. The van der Waals surface area contributed by atoms with Gasteiger partial charge >= 0.3 is 17.7 Å². The molecule has 1 unspecified atom stereocenters. The molecule has 7 nitrogen and oxygen atoms in total. The standard InChI is InChI=1S/C9H13N2O5PS/c10-6-3-7-17(12,13)16-18(14,15)9-5-2-1-4-8(9)11/h1-6H,7,10-11H2,(H,12,13). The lowest BCUT2D eigenvalue weighted by Crippen LogP contribution is -2.08. The molecule has 0 heterocycles. The number of hydrogen-bond donors (Lipinski definition) is 3. The highest BCUT2D eigenvalue weighted by molar-refractivity contribution is 7.91. The van der Waals surface area contributed by atoms with Crippen molar-refractivity contribution in [3.63, 3.8) is 0 Å². The van der Waals surface area contributed by atoms with Crippen LogP contribution in [-0.2, 0) is 18.7 Å². The molecule has 0 saturated heterocycles. The van der Waals surface area contributed by atoms with Gasteiger partial charge < -0.3 is 16.4 Å². The van der Waals surface area contributed by atoms with E-state index in [2.05, 4.69) is 3.97 Å². The minimum absolute atomic E-state index is 0.0631. The largest absolute Gasteiger partial charge is 0.405 e. The smallest absolute Gasteiger partial charge is 0.346 e. The summed E-state index contributed by atoms with van der Waals surface area (Å²) in [5, 5.41) is 0. The fourth-order valence-corrected chi connectivity index (χ4v) is 3.91. The second-order valence-electron chi connectivity index (χ2n) is 3.31. The lowest BCUT2D eigenvalue weighted by Gasteiger charge is -2.11. The van der Waals surface area contributed by atoms with Crippen LogP contribution in [0.2, 0.25) is 0 Å². The molecule has 0 aliphatic heterocycles. The molecule has 100 valence electrons. The predicted octanol–water partition coefficient (Wildman–Crippen LogP) is 0.632. The van der Waals surface area contributed by atoms with Crippen LogP contribution in [-0.4, -0.2) is 19.5 Å². The molecule has 1 aromatic rings. The van der Waals surface area contributed by atoms with Crippen molar-refractivity contribution >= 4 is 23.4 Å². The summed E-state index contributed by atoms with van der Waals surface area (Å²) in [6.45, 7) is 0. The van der Waals surface area contributed by atoms with Crippen LogP contribution < -0.4 is 11.5 Å². The molecule has 1 atom stereocenters. The molecule has 0 bridgehead atoms. The SMILES string of the molecule is NC=CCP(=O)(O)OS(=O)(=O)c1ccccc1N. The van der Waals surface area contributed by atoms with Crippen LogP contribution >= 0.6 is 7.60 Å². The summed E-state index contributed by atoms with van der Waals surface area (Å²) in [6.07, 6.45) is 1.65. The zero-order valence-corrected chi connectivity index (χ0v) is 11.0. The predicted molar refractivity (Wildman–Crippen MR) is 67.1 cm³/mol. The Kier molecular flexibility index (Phi) is 4.53. The summed E-state index contributed by atoms with van der Waals surface area (Å²) in [6, 6.07) is 5.49. The number of rotatable bonds is 5. The van der Waals surface area contributed by atoms with E-state index in [9.17, 15) is 17.9 Å². The van der Waals surface area contributed by atoms with E-state index < -0.39 is 23.9 Å². The Bertz CT molecular complexity index is 599. The molecular weight excluding hydrogens is 279 g/mol. The van der Waals surface area contributed by atoms with Crippen molar-refractivity contribution < 1.29 is 21.8 Å². The third-order valence-electron chi connectivity index (χ3n) is 1.88. The minimum Gasteiger partial charge on any atom is -0.405 e. The fourth-order valence-electron chi connectivity index (χ4n) is 1.13. The quantitative estimate of drug-likeness (QED) is 0.535. The van der Waals surface area contributed by atoms with Crippen molar-refractivity contribution in [2.24, 2.45) is 5.73 Å². The van der Waals surface area contributed by atoms with E-state index in [0.717, 1.165) is 12.3 Å². The van der Waals surface area contributed by atoms with Crippen molar-refractivity contribution in [3.8, 4) is 0 Å². The van der Waals surface area contributed by atoms with Gasteiger partial charge in [0.1, 0.15) is 4.90 Å². The lowest BCUT2D eigenvalue weighted by molar-refractivity contribution is 0.380. The number of anilines is 1. The average molecular weight is 292 g/mol. The van der Waals surface area contributed by atoms with Crippen LogP contribution in [0.5, 0.6) is 0 Å². The molecule has 0 aromatic heterocycles. The summed E-state index contributed by atoms with van der Waals surface area (Å²) >= 11 is 0. The molecule has 0 saturated carbocycles. The van der Waals surface area contributed by atoms with Gasteiger partial charge in [0.15, 0.2) is 0 Å². The first kappa shape index (κ1) is 14.7. The van der Waals surface area contributed by atoms with Gasteiger partial charge in [-0.15, -0.1) is 0 Å². The molecule has 1 aromatic carbocycles. The number of nitrogens with two attached hydrogens (primary N) is 2. The minimum atomic E-state index is -4.39. The van der Waals surface area contributed by atoms with Gasteiger partial charge in [0.2, 0.25) is 0 Å². The van der Waals surface area contributed by atoms with E-state index >= 15 is 0 Å². The van der Waals surface area contributed by atoms with E-state index in [-0.39, 0.29) is 10.6 Å². The van der Waals surface area contributed by atoms with Gasteiger partial charge in [0.05, 0.1) is 11.8 Å². The van der Waals surface area contributed by atoms with Gasteiger partial charge in [-0.1, -0.05) is 18.2 Å². The number of allylic oxidation sites excluding steroid dienone is 1. The average Bonchev–Trinajstić information content (AvgIpc) is 2.25. The van der Waals surface area contributed by atoms with E-state index in [0.29, 0.717) is 0 Å². The number of hydrogen-bond acceptors (Lipinski definition) is 6. The Balaban J connectivity index is 3.03. The third-order valence-corrected chi connectivity index (χ3v) is 5.17. The first-order valence-electron chi connectivity index (χ1n) is 4.78. The normalized spacial score (nSPS) is 15.6. The van der Waals surface area contributed by atoms with Crippen molar-refractivity contribution in [2.75, 3.05) is 11.9 Å². The first-order valence-corrected chi connectivity index (χ1v) is 7.95. The highest BCUT2D eigenvalue weighted by Crippen LogP contribution is 2.45. The van der Waals surface area contributed by atoms with Gasteiger partial charge in [-0.25, -0.2) is 0 Å². The van der Waals surface area contributed by atoms with E-state index in [4.69, 9.17) is 11.5 Å². The van der Waals surface area contributed by atoms with Crippen molar-refractivity contribution in [2.45, 2.75) is 4.90 Å². The summed E-state index contributed by atoms with van der Waals surface area (Å²) in [5.41, 5.74) is 10.4. The summed E-state index contributed by atoms with van der Waals surface area (Å²) in [5.74, 6) is 0. The van der Waals surface area contributed by atoms with Gasteiger partial charge in [-0.05, 0) is 18.3 Å². The second-order valence-corrected chi connectivity index (χ2v) is 6.90. The molecule has 0 spiro atoms. The second kappa shape index (κ2) is 5.53. The molecule has 5 N–H and O–H groups in total. The molecule has 0 radical (unpaired) electrons. The Morgan fingerprint density at radius 2 is 2.00 bits per heavy atom. The van der Waals surface area contributed by atoms with Crippen LogP contribution in [0.1, 0.15) is 0 Å². The zero-order chi connectivity index (χ0) is 13.8. The molecule has 0 fully saturated rings. The Labute approximate surface area is 105 Å².